The van der Waals surface area contributed by atoms with Gasteiger partial charge < -0.3 is 19.0 Å². The van der Waals surface area contributed by atoms with Gasteiger partial charge in [0, 0.05) is 54.8 Å². The first-order valence-electron chi connectivity index (χ1n) is 12.6. The van der Waals surface area contributed by atoms with E-state index in [0.717, 1.165) is 12.8 Å². The van der Waals surface area contributed by atoms with Crippen molar-refractivity contribution < 1.29 is 23.8 Å². The Morgan fingerprint density at radius 3 is 1.68 bits per heavy atom. The molecule has 2 N–H and O–H groups in total. The topological polar surface area (TPSA) is 118 Å². The molecule has 7 nitrogen and oxygen atoms in total. The quantitative estimate of drug-likeness (QED) is 0.322. The number of hydrogen-bond donors (Lipinski definition) is 2. The van der Waals surface area contributed by atoms with Crippen LogP contribution in [0.1, 0.15) is 64.9 Å². The summed E-state index contributed by atoms with van der Waals surface area (Å²) in [6.07, 6.45) is 3.53. The number of aliphatic carboxylic acids is 1. The summed E-state index contributed by atoms with van der Waals surface area (Å²) >= 11 is 0. The monoisotopic (exact) mass is 508 g/mol. The molecule has 2 heterocycles. The van der Waals surface area contributed by atoms with Crippen molar-refractivity contribution in [3.8, 4) is 22.6 Å². The van der Waals surface area contributed by atoms with E-state index < -0.39 is 11.4 Å². The van der Waals surface area contributed by atoms with Crippen molar-refractivity contribution in [2.24, 2.45) is 10.8 Å². The Morgan fingerprint density at radius 1 is 0.784 bits per heavy atom. The van der Waals surface area contributed by atoms with Gasteiger partial charge in [-0.15, -0.1) is 0 Å². The summed E-state index contributed by atoms with van der Waals surface area (Å²) in [4.78, 5) is 36.4. The number of hydrogen-bond acceptors (Lipinski definition) is 6. The predicted molar refractivity (Wildman–Crippen MR) is 143 cm³/mol. The summed E-state index contributed by atoms with van der Waals surface area (Å²) in [6, 6.07) is 13.0. The highest BCUT2D eigenvalue weighted by atomic mass is 16.4. The van der Waals surface area contributed by atoms with Crippen LogP contribution in [0.4, 0.5) is 0 Å². The summed E-state index contributed by atoms with van der Waals surface area (Å²) in [7, 11) is 0. The molecule has 0 aliphatic heterocycles. The van der Waals surface area contributed by atoms with Crippen molar-refractivity contribution in [3.63, 3.8) is 0 Å². The Hall–Kier alpha value is -3.45. The van der Waals surface area contributed by atoms with Crippen molar-refractivity contribution in [2.45, 2.75) is 66.2 Å². The van der Waals surface area contributed by atoms with E-state index >= 15 is 0 Å². The van der Waals surface area contributed by atoms with Gasteiger partial charge >= 0.3 is 5.97 Å². The molecule has 0 amide bonds. The lowest BCUT2D eigenvalue weighted by Crippen LogP contribution is -2.23. The Kier molecular flexibility index (Phi) is 8.92. The third kappa shape index (κ3) is 7.76. The minimum Gasteiger partial charge on any atom is -0.481 e. The molecule has 198 valence electrons. The summed E-state index contributed by atoms with van der Waals surface area (Å²) in [5.41, 5.74) is -0.204. The zero-order chi connectivity index (χ0) is 27.2. The van der Waals surface area contributed by atoms with Crippen LogP contribution in [0.15, 0.2) is 67.0 Å². The van der Waals surface area contributed by atoms with Crippen LogP contribution >= 0.6 is 0 Å². The van der Waals surface area contributed by atoms with Crippen molar-refractivity contribution in [1.82, 2.24) is 0 Å². The SMILES string of the molecule is CC(C)(CO)CCCc1cc(=O)cc(-c2ccccc2-c2cc(=O)cc(CCCC(C)(C)C(=O)O)o2)o1. The fourth-order valence-corrected chi connectivity index (χ4v) is 4.12. The third-order valence-electron chi connectivity index (χ3n) is 6.60. The molecule has 0 atom stereocenters. The second kappa shape index (κ2) is 11.7. The highest BCUT2D eigenvalue weighted by Crippen LogP contribution is 2.33. The minimum atomic E-state index is -0.863. The first kappa shape index (κ1) is 28.1. The summed E-state index contributed by atoms with van der Waals surface area (Å²) in [5.74, 6) is 0.907. The minimum absolute atomic E-state index is 0.0892. The van der Waals surface area contributed by atoms with Crippen molar-refractivity contribution in [2.75, 3.05) is 6.61 Å². The lowest BCUT2D eigenvalue weighted by atomic mass is 9.87. The number of carboxylic acids is 1. The number of carboxylic acid groups (broad SMARTS) is 1. The van der Waals surface area contributed by atoms with Crippen LogP contribution < -0.4 is 10.9 Å². The van der Waals surface area contributed by atoms with Crippen LogP contribution in [0, 0.1) is 10.8 Å². The molecule has 3 rings (SSSR count). The summed E-state index contributed by atoms with van der Waals surface area (Å²) in [5, 5.41) is 18.8. The lowest BCUT2D eigenvalue weighted by Gasteiger charge is -2.20. The molecule has 0 spiro atoms. The number of aryl methyl sites for hydroxylation is 2. The molecule has 0 aliphatic rings. The van der Waals surface area contributed by atoms with E-state index in [0.29, 0.717) is 59.9 Å². The molecular formula is C30H36O7. The van der Waals surface area contributed by atoms with Crippen molar-refractivity contribution in [1.29, 1.82) is 0 Å². The molecule has 0 saturated heterocycles. The van der Waals surface area contributed by atoms with Gasteiger partial charge in [0.1, 0.15) is 23.0 Å². The molecule has 0 unspecified atom stereocenters. The molecule has 3 aromatic rings. The first-order valence-corrected chi connectivity index (χ1v) is 12.6. The van der Waals surface area contributed by atoms with E-state index in [4.69, 9.17) is 8.83 Å². The molecule has 0 aliphatic carbocycles. The zero-order valence-electron chi connectivity index (χ0n) is 22.0. The van der Waals surface area contributed by atoms with Gasteiger partial charge in [0.05, 0.1) is 5.41 Å². The predicted octanol–water partition coefficient (Wildman–Crippen LogP) is 5.70. The Morgan fingerprint density at radius 2 is 1.24 bits per heavy atom. The maximum atomic E-state index is 12.5. The van der Waals surface area contributed by atoms with E-state index in [1.807, 2.05) is 32.0 Å². The van der Waals surface area contributed by atoms with Gasteiger partial charge in [-0.2, -0.15) is 0 Å². The van der Waals surface area contributed by atoms with Crippen LogP contribution in [0.2, 0.25) is 0 Å². The van der Waals surface area contributed by atoms with E-state index in [2.05, 4.69) is 0 Å². The highest BCUT2D eigenvalue weighted by Gasteiger charge is 2.26. The third-order valence-corrected chi connectivity index (χ3v) is 6.60. The molecule has 0 bridgehead atoms. The van der Waals surface area contributed by atoms with Crippen LogP contribution in [0.3, 0.4) is 0 Å². The van der Waals surface area contributed by atoms with E-state index in [-0.39, 0.29) is 22.9 Å². The fourth-order valence-electron chi connectivity index (χ4n) is 4.12. The number of carbonyl (C=O) groups is 1. The highest BCUT2D eigenvalue weighted by molar-refractivity contribution is 5.78. The van der Waals surface area contributed by atoms with Crippen LogP contribution in [-0.4, -0.2) is 22.8 Å². The largest absolute Gasteiger partial charge is 0.481 e. The molecule has 0 fully saturated rings. The van der Waals surface area contributed by atoms with Gasteiger partial charge in [0.15, 0.2) is 10.9 Å². The molecule has 0 saturated carbocycles. The van der Waals surface area contributed by atoms with Crippen LogP contribution in [0.25, 0.3) is 22.6 Å². The van der Waals surface area contributed by atoms with Crippen molar-refractivity contribution >= 4 is 5.97 Å². The standard InChI is InChI=1S/C30H36O7/c1-29(2,19-31)13-7-9-22-15-20(32)17-26(36-22)24-11-5-6-12-25(24)27-18-21(33)16-23(37-27)10-8-14-30(3,4)28(34)35/h5-6,11-12,15-18,31H,7-10,13-14,19H2,1-4H3,(H,34,35). The Labute approximate surface area is 216 Å². The molecular weight excluding hydrogens is 472 g/mol. The number of rotatable bonds is 12. The van der Waals surface area contributed by atoms with Gasteiger partial charge in [-0.25, -0.2) is 0 Å². The van der Waals surface area contributed by atoms with Gasteiger partial charge in [-0.3, -0.25) is 14.4 Å². The molecule has 7 heteroatoms. The zero-order valence-corrected chi connectivity index (χ0v) is 22.0. The molecule has 1 aromatic carbocycles. The molecule has 0 radical (unpaired) electrons. The van der Waals surface area contributed by atoms with Gasteiger partial charge in [-0.05, 0) is 44.9 Å². The average molecular weight is 509 g/mol. The maximum absolute atomic E-state index is 12.5. The van der Waals surface area contributed by atoms with Gasteiger partial charge in [0.25, 0.3) is 0 Å². The second-order valence-electron chi connectivity index (χ2n) is 11.0. The first-order chi connectivity index (χ1) is 17.4. The molecule has 2 aromatic heterocycles. The van der Waals surface area contributed by atoms with E-state index in [1.54, 1.807) is 19.9 Å². The van der Waals surface area contributed by atoms with Crippen molar-refractivity contribution in [3.05, 3.63) is 80.5 Å². The van der Waals surface area contributed by atoms with Crippen LogP contribution in [0.5, 0.6) is 0 Å². The van der Waals surface area contributed by atoms with E-state index in [1.165, 1.54) is 24.3 Å². The van der Waals surface area contributed by atoms with E-state index in [9.17, 15) is 24.6 Å². The number of aliphatic hydroxyl groups excluding tert-OH is 1. The summed E-state index contributed by atoms with van der Waals surface area (Å²) < 4.78 is 12.2. The smallest absolute Gasteiger partial charge is 0.309 e. The Balaban J connectivity index is 1.89. The number of benzene rings is 1. The van der Waals surface area contributed by atoms with Gasteiger partial charge in [0.2, 0.25) is 0 Å². The lowest BCUT2D eigenvalue weighted by molar-refractivity contribution is -0.147. The summed E-state index contributed by atoms with van der Waals surface area (Å²) in [6.45, 7) is 7.42. The second-order valence-corrected chi connectivity index (χ2v) is 11.0. The average Bonchev–Trinajstić information content (AvgIpc) is 2.83. The number of aliphatic hydroxyl groups is 1. The Bertz CT molecular complexity index is 1340. The normalized spacial score (nSPS) is 12.0. The maximum Gasteiger partial charge on any atom is 0.309 e. The van der Waals surface area contributed by atoms with Crippen LogP contribution in [-0.2, 0) is 17.6 Å². The van der Waals surface area contributed by atoms with Gasteiger partial charge in [-0.1, -0.05) is 38.1 Å². The molecule has 37 heavy (non-hydrogen) atoms. The fraction of sp³-hybridized carbons (Fsp3) is 0.433.